The summed E-state index contributed by atoms with van der Waals surface area (Å²) in [5, 5.41) is 0. The molecule has 6 nitrogen and oxygen atoms in total. The molecule has 2 heterocycles. The average molecular weight is 336 g/mol. The van der Waals surface area contributed by atoms with Crippen LogP contribution in [0.15, 0.2) is 48.5 Å². The molecular formula is C19H20N4O2. The van der Waals surface area contributed by atoms with Crippen molar-refractivity contribution in [1.82, 2.24) is 9.80 Å². The molecule has 128 valence electrons. The van der Waals surface area contributed by atoms with Crippen molar-refractivity contribution in [2.75, 3.05) is 13.1 Å². The van der Waals surface area contributed by atoms with E-state index in [0.29, 0.717) is 13.1 Å². The zero-order valence-electron chi connectivity index (χ0n) is 13.8. The number of urea groups is 2. The molecule has 25 heavy (non-hydrogen) atoms. The van der Waals surface area contributed by atoms with Crippen molar-refractivity contribution in [3.05, 3.63) is 70.8 Å². The van der Waals surface area contributed by atoms with Gasteiger partial charge in [0, 0.05) is 13.1 Å². The van der Waals surface area contributed by atoms with Gasteiger partial charge in [0.15, 0.2) is 0 Å². The van der Waals surface area contributed by atoms with Crippen LogP contribution < -0.4 is 11.5 Å². The van der Waals surface area contributed by atoms with Crippen LogP contribution in [-0.2, 0) is 6.42 Å². The molecule has 2 saturated heterocycles. The lowest BCUT2D eigenvalue weighted by Gasteiger charge is -2.13. The lowest BCUT2D eigenvalue weighted by atomic mass is 9.94. The third-order valence-corrected chi connectivity index (χ3v) is 5.00. The number of benzene rings is 2. The van der Waals surface area contributed by atoms with Crippen LogP contribution >= 0.6 is 0 Å². The number of carbonyl (C=O) groups excluding carboxylic acids is 2. The Labute approximate surface area is 146 Å². The summed E-state index contributed by atoms with van der Waals surface area (Å²) in [6.07, 6.45) is 0.749. The summed E-state index contributed by atoms with van der Waals surface area (Å²) in [7, 11) is 0. The van der Waals surface area contributed by atoms with Gasteiger partial charge in [-0.25, -0.2) is 9.59 Å². The molecule has 2 unspecified atom stereocenters. The number of hydrogen-bond donors (Lipinski definition) is 2. The van der Waals surface area contributed by atoms with Crippen molar-refractivity contribution in [2.24, 2.45) is 11.5 Å². The lowest BCUT2D eigenvalue weighted by molar-refractivity contribution is 0.235. The van der Waals surface area contributed by atoms with E-state index < -0.39 is 0 Å². The van der Waals surface area contributed by atoms with Gasteiger partial charge in [0.2, 0.25) is 0 Å². The van der Waals surface area contributed by atoms with Gasteiger partial charge in [-0.05, 0) is 28.7 Å². The fraction of sp³-hybridized carbons (Fsp3) is 0.263. The van der Waals surface area contributed by atoms with E-state index in [0.717, 1.165) is 17.5 Å². The number of hydrogen-bond acceptors (Lipinski definition) is 2. The Morgan fingerprint density at radius 1 is 0.800 bits per heavy atom. The van der Waals surface area contributed by atoms with Crippen molar-refractivity contribution in [3.63, 3.8) is 0 Å². The normalized spacial score (nSPS) is 21.1. The van der Waals surface area contributed by atoms with E-state index >= 15 is 0 Å². The summed E-state index contributed by atoms with van der Waals surface area (Å²) in [5.74, 6) is 0. The molecule has 2 atom stereocenters. The Kier molecular flexibility index (Phi) is 3.60. The first-order chi connectivity index (χ1) is 12.1. The fourth-order valence-corrected chi connectivity index (χ4v) is 3.54. The molecule has 2 aromatic carbocycles. The first kappa shape index (κ1) is 15.5. The maximum absolute atomic E-state index is 11.4. The van der Waals surface area contributed by atoms with Crippen LogP contribution in [0, 0.1) is 0 Å². The van der Waals surface area contributed by atoms with Gasteiger partial charge < -0.3 is 21.3 Å². The highest BCUT2D eigenvalue weighted by atomic mass is 16.2. The first-order valence-electron chi connectivity index (χ1n) is 8.34. The van der Waals surface area contributed by atoms with Gasteiger partial charge in [0.05, 0.1) is 12.1 Å². The van der Waals surface area contributed by atoms with Crippen LogP contribution in [0.1, 0.15) is 34.3 Å². The monoisotopic (exact) mass is 336 g/mol. The highest BCUT2D eigenvalue weighted by Gasteiger charge is 2.41. The molecule has 0 saturated carbocycles. The van der Waals surface area contributed by atoms with Crippen LogP contribution in [0.4, 0.5) is 9.59 Å². The van der Waals surface area contributed by atoms with Gasteiger partial charge in [-0.1, -0.05) is 48.5 Å². The predicted octanol–water partition coefficient (Wildman–Crippen LogP) is 2.15. The number of amides is 4. The van der Waals surface area contributed by atoms with Crippen molar-refractivity contribution < 1.29 is 9.59 Å². The van der Waals surface area contributed by atoms with Crippen molar-refractivity contribution in [1.29, 1.82) is 0 Å². The summed E-state index contributed by atoms with van der Waals surface area (Å²) >= 11 is 0. The molecule has 0 spiro atoms. The Morgan fingerprint density at radius 3 is 1.56 bits per heavy atom. The van der Waals surface area contributed by atoms with E-state index in [2.05, 4.69) is 24.3 Å². The molecule has 0 aromatic heterocycles. The summed E-state index contributed by atoms with van der Waals surface area (Å²) in [4.78, 5) is 26.0. The topological polar surface area (TPSA) is 92.2 Å². The molecule has 2 aliphatic rings. The predicted molar refractivity (Wildman–Crippen MR) is 93.8 cm³/mol. The minimum Gasteiger partial charge on any atom is -0.351 e. The molecule has 4 rings (SSSR count). The number of primary amides is 2. The van der Waals surface area contributed by atoms with Gasteiger partial charge in [-0.3, -0.25) is 0 Å². The van der Waals surface area contributed by atoms with Gasteiger partial charge in [-0.2, -0.15) is 0 Å². The van der Waals surface area contributed by atoms with Gasteiger partial charge in [-0.15, -0.1) is 0 Å². The van der Waals surface area contributed by atoms with Gasteiger partial charge >= 0.3 is 12.1 Å². The Morgan fingerprint density at radius 2 is 1.20 bits per heavy atom. The number of rotatable bonds is 4. The summed E-state index contributed by atoms with van der Waals surface area (Å²) in [6.45, 7) is 1.35. The molecule has 6 heteroatoms. The standard InChI is InChI=1S/C19H20N4O2/c20-18(24)22-10-16(22)14-7-3-1-5-12(14)9-13-6-2-4-8-15(13)17-11-23(17)19(21)25/h1-8,16-17H,9-11H2,(H2,20,24)(H2,21,25). The third kappa shape index (κ3) is 2.91. The van der Waals surface area contributed by atoms with Crippen LogP contribution in [0.3, 0.4) is 0 Å². The zero-order valence-corrected chi connectivity index (χ0v) is 13.8. The number of nitrogens with zero attached hydrogens (tertiary/aromatic N) is 2. The highest BCUT2D eigenvalue weighted by molar-refractivity contribution is 5.76. The summed E-state index contributed by atoms with van der Waals surface area (Å²) < 4.78 is 0. The van der Waals surface area contributed by atoms with E-state index in [1.165, 1.54) is 11.1 Å². The second-order valence-electron chi connectivity index (χ2n) is 6.59. The largest absolute Gasteiger partial charge is 0.351 e. The van der Waals surface area contributed by atoms with Crippen LogP contribution in [-0.4, -0.2) is 35.0 Å². The van der Waals surface area contributed by atoms with E-state index in [9.17, 15) is 9.59 Å². The van der Waals surface area contributed by atoms with E-state index in [1.807, 2.05) is 24.3 Å². The second kappa shape index (κ2) is 5.81. The summed E-state index contributed by atoms with van der Waals surface area (Å²) in [5.41, 5.74) is 15.4. The van der Waals surface area contributed by atoms with E-state index in [4.69, 9.17) is 11.5 Å². The molecule has 4 N–H and O–H groups in total. The molecule has 0 bridgehead atoms. The highest BCUT2D eigenvalue weighted by Crippen LogP contribution is 2.39. The van der Waals surface area contributed by atoms with Crippen LogP contribution in [0.25, 0.3) is 0 Å². The molecule has 0 radical (unpaired) electrons. The second-order valence-corrected chi connectivity index (χ2v) is 6.59. The SMILES string of the molecule is NC(=O)N1CC1c1ccccc1Cc1ccccc1C1CN1C(N)=O. The van der Waals surface area contributed by atoms with Crippen molar-refractivity contribution >= 4 is 12.1 Å². The van der Waals surface area contributed by atoms with Crippen molar-refractivity contribution in [2.45, 2.75) is 18.5 Å². The Hall–Kier alpha value is -3.02. The lowest BCUT2D eigenvalue weighted by Crippen LogP contribution is -2.19. The molecule has 2 fully saturated rings. The fourth-order valence-electron chi connectivity index (χ4n) is 3.54. The van der Waals surface area contributed by atoms with Crippen LogP contribution in [0.5, 0.6) is 0 Å². The Bertz CT molecular complexity index is 781. The van der Waals surface area contributed by atoms with Gasteiger partial charge in [0.1, 0.15) is 0 Å². The zero-order chi connectivity index (χ0) is 17.6. The Balaban J connectivity index is 1.60. The minimum absolute atomic E-state index is 0.0731. The molecule has 4 amide bonds. The molecule has 0 aliphatic carbocycles. The summed E-state index contributed by atoms with van der Waals surface area (Å²) in [6, 6.07) is 15.6. The number of nitrogens with two attached hydrogens (primary N) is 2. The van der Waals surface area contributed by atoms with E-state index in [1.54, 1.807) is 9.80 Å². The maximum atomic E-state index is 11.4. The average Bonchev–Trinajstić information content (AvgIpc) is 3.48. The van der Waals surface area contributed by atoms with E-state index in [-0.39, 0.29) is 24.1 Å². The van der Waals surface area contributed by atoms with Crippen LogP contribution in [0.2, 0.25) is 0 Å². The first-order valence-corrected chi connectivity index (χ1v) is 8.34. The maximum Gasteiger partial charge on any atom is 0.315 e. The quantitative estimate of drug-likeness (QED) is 0.837. The van der Waals surface area contributed by atoms with Crippen molar-refractivity contribution in [3.8, 4) is 0 Å². The molecular weight excluding hydrogens is 316 g/mol. The smallest absolute Gasteiger partial charge is 0.315 e. The minimum atomic E-state index is -0.379. The molecule has 2 aromatic rings. The molecule has 2 aliphatic heterocycles. The van der Waals surface area contributed by atoms with Gasteiger partial charge in [0.25, 0.3) is 0 Å². The number of carbonyl (C=O) groups is 2. The third-order valence-electron chi connectivity index (χ3n) is 5.00.